The fraction of sp³-hybridized carbons (Fsp3) is 0.400. The van der Waals surface area contributed by atoms with E-state index < -0.39 is 12.4 Å². The normalized spacial score (nSPS) is 10.6. The number of rotatable bonds is 4. The molecule has 16 heavy (non-hydrogen) atoms. The van der Waals surface area contributed by atoms with Gasteiger partial charge in [-0.25, -0.2) is 8.78 Å². The molecule has 0 aliphatic rings. The van der Waals surface area contributed by atoms with Gasteiger partial charge in [0.15, 0.2) is 0 Å². The number of methoxy groups -OCH3 is 1. The van der Waals surface area contributed by atoms with E-state index in [1.165, 1.54) is 19.4 Å². The molecule has 0 aromatic carbocycles. The molecule has 0 saturated heterocycles. The van der Waals surface area contributed by atoms with Crippen molar-refractivity contribution in [1.29, 1.82) is 0 Å². The number of carbonyl (C=O) groups is 1. The van der Waals surface area contributed by atoms with Gasteiger partial charge >= 0.3 is 5.97 Å². The minimum atomic E-state index is -2.66. The van der Waals surface area contributed by atoms with E-state index in [0.29, 0.717) is 5.69 Å². The van der Waals surface area contributed by atoms with Crippen molar-refractivity contribution in [2.75, 3.05) is 7.11 Å². The molecule has 0 spiro atoms. The van der Waals surface area contributed by atoms with Crippen LogP contribution < -0.4 is 5.73 Å². The molecule has 1 aromatic heterocycles. The van der Waals surface area contributed by atoms with E-state index in [-0.39, 0.29) is 24.1 Å². The van der Waals surface area contributed by atoms with Gasteiger partial charge in [-0.15, -0.1) is 0 Å². The van der Waals surface area contributed by atoms with Gasteiger partial charge in [-0.1, -0.05) is 0 Å². The zero-order valence-electron chi connectivity index (χ0n) is 8.74. The Hall–Kier alpha value is -1.56. The van der Waals surface area contributed by atoms with Crippen molar-refractivity contribution in [3.05, 3.63) is 29.1 Å². The molecule has 1 rings (SSSR count). The maximum Gasteiger partial charge on any atom is 0.310 e. The van der Waals surface area contributed by atoms with E-state index in [9.17, 15) is 13.6 Å². The first-order valence-corrected chi connectivity index (χ1v) is 4.61. The van der Waals surface area contributed by atoms with E-state index in [1.807, 2.05) is 0 Å². The van der Waals surface area contributed by atoms with Crippen LogP contribution in [0.5, 0.6) is 0 Å². The molecule has 0 atom stereocenters. The Morgan fingerprint density at radius 2 is 2.31 bits per heavy atom. The van der Waals surface area contributed by atoms with Crippen LogP contribution in [0.2, 0.25) is 0 Å². The van der Waals surface area contributed by atoms with Gasteiger partial charge in [0.05, 0.1) is 19.2 Å². The van der Waals surface area contributed by atoms with E-state index in [0.717, 1.165) is 0 Å². The second-order valence-corrected chi connectivity index (χ2v) is 3.08. The highest BCUT2D eigenvalue weighted by atomic mass is 19.3. The van der Waals surface area contributed by atoms with Crippen molar-refractivity contribution in [3.8, 4) is 0 Å². The Kier molecular flexibility index (Phi) is 4.30. The number of carbonyl (C=O) groups excluding carboxylic acids is 1. The Morgan fingerprint density at radius 3 is 2.81 bits per heavy atom. The first-order valence-electron chi connectivity index (χ1n) is 4.61. The van der Waals surface area contributed by atoms with Gasteiger partial charge in [-0.3, -0.25) is 9.78 Å². The Labute approximate surface area is 91.4 Å². The minimum absolute atomic E-state index is 0.00683. The zero-order valence-corrected chi connectivity index (χ0v) is 8.74. The molecule has 0 fully saturated rings. The number of nitrogens with zero attached hydrogens (tertiary/aromatic N) is 1. The van der Waals surface area contributed by atoms with Gasteiger partial charge in [0.1, 0.15) is 0 Å². The molecule has 88 valence electrons. The van der Waals surface area contributed by atoms with Crippen LogP contribution in [0.4, 0.5) is 8.78 Å². The monoisotopic (exact) mass is 230 g/mol. The average Bonchev–Trinajstić information content (AvgIpc) is 2.28. The van der Waals surface area contributed by atoms with Gasteiger partial charge in [-0.2, -0.15) is 0 Å². The number of alkyl halides is 2. The van der Waals surface area contributed by atoms with Crippen LogP contribution in [0.25, 0.3) is 0 Å². The van der Waals surface area contributed by atoms with Gasteiger partial charge in [0.25, 0.3) is 6.43 Å². The summed E-state index contributed by atoms with van der Waals surface area (Å²) in [6.07, 6.45) is -1.64. The van der Waals surface area contributed by atoms with Gasteiger partial charge in [0.2, 0.25) is 0 Å². The molecule has 0 radical (unpaired) electrons. The smallest absolute Gasteiger partial charge is 0.310 e. The molecule has 0 saturated carbocycles. The number of hydrogen-bond acceptors (Lipinski definition) is 4. The molecule has 0 bridgehead atoms. The van der Waals surface area contributed by atoms with Gasteiger partial charge in [0, 0.05) is 18.3 Å². The number of nitrogens with two attached hydrogens (primary N) is 1. The number of aromatic nitrogens is 1. The van der Waals surface area contributed by atoms with Crippen molar-refractivity contribution >= 4 is 5.97 Å². The average molecular weight is 230 g/mol. The first-order chi connectivity index (χ1) is 7.60. The molecule has 0 aliphatic carbocycles. The largest absolute Gasteiger partial charge is 0.469 e. The maximum atomic E-state index is 12.7. The molecule has 1 aromatic rings. The van der Waals surface area contributed by atoms with Crippen LogP contribution in [0.3, 0.4) is 0 Å². The van der Waals surface area contributed by atoms with Gasteiger partial charge in [-0.05, 0) is 11.6 Å². The van der Waals surface area contributed by atoms with E-state index in [4.69, 9.17) is 5.73 Å². The summed E-state index contributed by atoms with van der Waals surface area (Å²) in [5, 5.41) is 0. The SMILES string of the molecule is COC(=O)Cc1c(C(F)F)ccnc1CN. The second-order valence-electron chi connectivity index (χ2n) is 3.08. The lowest BCUT2D eigenvalue weighted by Gasteiger charge is -2.11. The van der Waals surface area contributed by atoms with Crippen molar-refractivity contribution in [3.63, 3.8) is 0 Å². The summed E-state index contributed by atoms with van der Waals surface area (Å²) in [7, 11) is 1.20. The lowest BCUT2D eigenvalue weighted by atomic mass is 10.0. The number of pyridine rings is 1. The molecular weight excluding hydrogens is 218 g/mol. The van der Waals surface area contributed by atoms with E-state index >= 15 is 0 Å². The summed E-state index contributed by atoms with van der Waals surface area (Å²) >= 11 is 0. The standard InChI is InChI=1S/C10H12F2N2O2/c1-16-9(15)4-7-6(10(11)12)2-3-14-8(7)5-13/h2-3,10H,4-5,13H2,1H3. The topological polar surface area (TPSA) is 65.2 Å². The molecule has 0 amide bonds. The highest BCUT2D eigenvalue weighted by Gasteiger charge is 2.18. The molecular formula is C10H12F2N2O2. The van der Waals surface area contributed by atoms with E-state index in [1.54, 1.807) is 0 Å². The molecule has 0 aliphatic heterocycles. The van der Waals surface area contributed by atoms with Crippen LogP contribution in [0.15, 0.2) is 12.3 Å². The highest BCUT2D eigenvalue weighted by Crippen LogP contribution is 2.24. The van der Waals surface area contributed by atoms with Crippen LogP contribution in [-0.4, -0.2) is 18.1 Å². The minimum Gasteiger partial charge on any atom is -0.469 e. The Bertz CT molecular complexity index is 383. The summed E-state index contributed by atoms with van der Waals surface area (Å²) in [4.78, 5) is 14.9. The highest BCUT2D eigenvalue weighted by molar-refractivity contribution is 5.73. The van der Waals surface area contributed by atoms with Crippen molar-refractivity contribution in [1.82, 2.24) is 4.98 Å². The molecule has 1 heterocycles. The number of esters is 1. The maximum absolute atomic E-state index is 12.7. The lowest BCUT2D eigenvalue weighted by molar-refractivity contribution is -0.139. The first kappa shape index (κ1) is 12.5. The van der Waals surface area contributed by atoms with Gasteiger partial charge < -0.3 is 10.5 Å². The van der Waals surface area contributed by atoms with Crippen molar-refractivity contribution in [2.24, 2.45) is 5.73 Å². The Morgan fingerprint density at radius 1 is 1.62 bits per heavy atom. The van der Waals surface area contributed by atoms with E-state index in [2.05, 4.69) is 9.72 Å². The molecule has 4 nitrogen and oxygen atoms in total. The predicted octanol–water partition coefficient (Wildman–Crippen LogP) is 1.19. The fourth-order valence-electron chi connectivity index (χ4n) is 1.35. The zero-order chi connectivity index (χ0) is 12.1. The third-order valence-corrected chi connectivity index (χ3v) is 2.16. The third kappa shape index (κ3) is 2.73. The number of hydrogen-bond donors (Lipinski definition) is 1. The Balaban J connectivity index is 3.14. The molecule has 6 heteroatoms. The van der Waals surface area contributed by atoms with Crippen LogP contribution in [-0.2, 0) is 22.5 Å². The lowest BCUT2D eigenvalue weighted by Crippen LogP contribution is -2.13. The van der Waals surface area contributed by atoms with Crippen LogP contribution in [0.1, 0.15) is 23.2 Å². The number of halogens is 2. The molecule has 0 unspecified atom stereocenters. The summed E-state index contributed by atoms with van der Waals surface area (Å²) in [6, 6.07) is 1.18. The quantitative estimate of drug-likeness (QED) is 0.789. The van der Waals surface area contributed by atoms with Crippen molar-refractivity contribution < 1.29 is 18.3 Å². The summed E-state index contributed by atoms with van der Waals surface area (Å²) < 4.78 is 29.8. The number of ether oxygens (including phenoxy) is 1. The van der Waals surface area contributed by atoms with Crippen LogP contribution >= 0.6 is 0 Å². The third-order valence-electron chi connectivity index (χ3n) is 2.16. The second kappa shape index (κ2) is 5.50. The summed E-state index contributed by atoms with van der Waals surface area (Å²) in [6.45, 7) is 0.00683. The fourth-order valence-corrected chi connectivity index (χ4v) is 1.35. The predicted molar refractivity (Wildman–Crippen MR) is 52.8 cm³/mol. The molecule has 2 N–H and O–H groups in total. The summed E-state index contributed by atoms with van der Waals surface area (Å²) in [5.74, 6) is -0.593. The summed E-state index contributed by atoms with van der Waals surface area (Å²) in [5.41, 5.74) is 5.61. The van der Waals surface area contributed by atoms with Crippen LogP contribution in [0, 0.1) is 0 Å². The van der Waals surface area contributed by atoms with Crippen molar-refractivity contribution in [2.45, 2.75) is 19.4 Å².